The average molecular weight is 213 g/mol. The lowest BCUT2D eigenvalue weighted by molar-refractivity contribution is 0.112. The molecule has 0 bridgehead atoms. The third-order valence-electron chi connectivity index (χ3n) is 2.86. The van der Waals surface area contributed by atoms with E-state index in [4.69, 9.17) is 0 Å². The van der Waals surface area contributed by atoms with Crippen LogP contribution in [-0.2, 0) is 0 Å². The largest absolute Gasteiger partial charge is 0.318 e. The molecule has 1 heterocycles. The second kappa shape index (κ2) is 3.97. The predicted molar refractivity (Wildman–Crippen MR) is 65.4 cm³/mol. The highest BCUT2D eigenvalue weighted by Gasteiger charge is 2.09. The summed E-state index contributed by atoms with van der Waals surface area (Å²) in [5.41, 5.74) is 5.18. The summed E-state index contributed by atoms with van der Waals surface area (Å²) in [6.45, 7) is 6.06. The number of carbonyl (C=O) groups is 1. The molecule has 0 atom stereocenters. The summed E-state index contributed by atoms with van der Waals surface area (Å²) in [7, 11) is 0. The first-order chi connectivity index (χ1) is 7.63. The van der Waals surface area contributed by atoms with E-state index in [0.717, 1.165) is 28.9 Å². The molecule has 0 spiro atoms. The Morgan fingerprint density at radius 1 is 1.12 bits per heavy atom. The van der Waals surface area contributed by atoms with Crippen LogP contribution in [0.4, 0.5) is 0 Å². The quantitative estimate of drug-likeness (QED) is 0.702. The Labute approximate surface area is 95.5 Å². The van der Waals surface area contributed by atoms with E-state index >= 15 is 0 Å². The van der Waals surface area contributed by atoms with Crippen molar-refractivity contribution in [3.05, 3.63) is 52.8 Å². The summed E-state index contributed by atoms with van der Waals surface area (Å²) in [6.07, 6.45) is 0.911. The molecule has 0 aliphatic carbocycles. The Morgan fingerprint density at radius 3 is 2.44 bits per heavy atom. The molecule has 1 aromatic carbocycles. The monoisotopic (exact) mass is 213 g/mol. The van der Waals surface area contributed by atoms with Crippen LogP contribution in [0.25, 0.3) is 5.69 Å². The van der Waals surface area contributed by atoms with Crippen molar-refractivity contribution >= 4 is 6.29 Å². The van der Waals surface area contributed by atoms with Gasteiger partial charge >= 0.3 is 0 Å². The van der Waals surface area contributed by atoms with Crippen LogP contribution >= 0.6 is 0 Å². The van der Waals surface area contributed by atoms with E-state index in [1.165, 1.54) is 5.56 Å². The number of hydrogen-bond acceptors (Lipinski definition) is 1. The van der Waals surface area contributed by atoms with Crippen molar-refractivity contribution in [3.63, 3.8) is 0 Å². The van der Waals surface area contributed by atoms with E-state index in [-0.39, 0.29) is 0 Å². The van der Waals surface area contributed by atoms with E-state index in [1.807, 2.05) is 26.0 Å². The van der Waals surface area contributed by atoms with E-state index in [9.17, 15) is 4.79 Å². The predicted octanol–water partition coefficient (Wildman–Crippen LogP) is 3.22. The highest BCUT2D eigenvalue weighted by atomic mass is 16.1. The average Bonchev–Trinajstić information content (AvgIpc) is 2.53. The van der Waals surface area contributed by atoms with Crippen molar-refractivity contribution < 1.29 is 4.79 Å². The summed E-state index contributed by atoms with van der Waals surface area (Å²) in [5, 5.41) is 0. The van der Waals surface area contributed by atoms with Gasteiger partial charge in [0, 0.05) is 22.6 Å². The zero-order chi connectivity index (χ0) is 11.7. The van der Waals surface area contributed by atoms with Gasteiger partial charge in [0.25, 0.3) is 0 Å². The lowest BCUT2D eigenvalue weighted by atomic mass is 10.2. The van der Waals surface area contributed by atoms with Gasteiger partial charge in [0.15, 0.2) is 6.29 Å². The number of hydrogen-bond donors (Lipinski definition) is 0. The van der Waals surface area contributed by atoms with Crippen LogP contribution in [0.2, 0.25) is 0 Å². The van der Waals surface area contributed by atoms with Crippen molar-refractivity contribution in [2.75, 3.05) is 0 Å². The van der Waals surface area contributed by atoms with E-state index < -0.39 is 0 Å². The van der Waals surface area contributed by atoms with Gasteiger partial charge in [0.05, 0.1) is 0 Å². The van der Waals surface area contributed by atoms with E-state index in [2.05, 4.69) is 29.7 Å². The molecule has 0 radical (unpaired) electrons. The van der Waals surface area contributed by atoms with Gasteiger partial charge in [0.1, 0.15) is 0 Å². The van der Waals surface area contributed by atoms with Crippen LogP contribution in [0.1, 0.15) is 27.3 Å². The van der Waals surface area contributed by atoms with Crippen molar-refractivity contribution in [1.29, 1.82) is 0 Å². The van der Waals surface area contributed by atoms with Crippen LogP contribution in [0.15, 0.2) is 30.3 Å². The Bertz CT molecular complexity index is 538. The number of aldehydes is 1. The van der Waals surface area contributed by atoms with Gasteiger partial charge < -0.3 is 4.57 Å². The van der Waals surface area contributed by atoms with E-state index in [1.54, 1.807) is 0 Å². The highest BCUT2D eigenvalue weighted by Crippen LogP contribution is 2.20. The molecule has 0 aliphatic rings. The molecule has 1 aromatic heterocycles. The smallest absolute Gasteiger partial charge is 0.151 e. The third kappa shape index (κ3) is 1.67. The molecule has 16 heavy (non-hydrogen) atoms. The molecular formula is C14H15NO. The number of rotatable bonds is 2. The normalized spacial score (nSPS) is 10.4. The zero-order valence-corrected chi connectivity index (χ0v) is 9.82. The molecule has 2 heteroatoms. The molecule has 0 saturated carbocycles. The number of nitrogens with zero attached hydrogens (tertiary/aromatic N) is 1. The lowest BCUT2D eigenvalue weighted by Crippen LogP contribution is -1.99. The maximum absolute atomic E-state index is 10.9. The maximum Gasteiger partial charge on any atom is 0.151 e. The minimum Gasteiger partial charge on any atom is -0.318 e. The fraction of sp³-hybridized carbons (Fsp3) is 0.214. The van der Waals surface area contributed by atoms with Crippen LogP contribution < -0.4 is 0 Å². The molecule has 0 unspecified atom stereocenters. The Kier molecular flexibility index (Phi) is 2.65. The summed E-state index contributed by atoms with van der Waals surface area (Å²) in [4.78, 5) is 10.9. The summed E-state index contributed by atoms with van der Waals surface area (Å²) in [6, 6.07) is 10.2. The molecule has 0 aliphatic heterocycles. The fourth-order valence-electron chi connectivity index (χ4n) is 2.07. The van der Waals surface area contributed by atoms with Crippen molar-refractivity contribution in [3.8, 4) is 5.69 Å². The summed E-state index contributed by atoms with van der Waals surface area (Å²) in [5.74, 6) is 0. The topological polar surface area (TPSA) is 22.0 Å². The second-order valence-electron chi connectivity index (χ2n) is 4.12. The minimum atomic E-state index is 0.763. The molecule has 0 saturated heterocycles. The first-order valence-electron chi connectivity index (χ1n) is 5.34. The molecule has 0 fully saturated rings. The number of benzene rings is 1. The van der Waals surface area contributed by atoms with Crippen molar-refractivity contribution in [2.45, 2.75) is 20.8 Å². The van der Waals surface area contributed by atoms with Gasteiger partial charge in [-0.3, -0.25) is 4.79 Å². The Hall–Kier alpha value is -1.83. The van der Waals surface area contributed by atoms with Crippen LogP contribution in [-0.4, -0.2) is 10.9 Å². The SMILES string of the molecule is Cc1cccc(-n2c(C)cc(C=O)c2C)c1. The standard InChI is InChI=1S/C14H15NO/c1-10-5-4-6-14(7-10)15-11(2)8-13(9-16)12(15)3/h4-9H,1-3H3. The Balaban J connectivity index is 2.64. The second-order valence-corrected chi connectivity index (χ2v) is 4.12. The lowest BCUT2D eigenvalue weighted by Gasteiger charge is -2.10. The van der Waals surface area contributed by atoms with Crippen LogP contribution in [0.3, 0.4) is 0 Å². The zero-order valence-electron chi connectivity index (χ0n) is 9.82. The molecule has 0 amide bonds. The Morgan fingerprint density at radius 2 is 1.88 bits per heavy atom. The van der Waals surface area contributed by atoms with E-state index in [0.29, 0.717) is 0 Å². The first kappa shape index (κ1) is 10.7. The molecule has 2 rings (SSSR count). The van der Waals surface area contributed by atoms with Gasteiger partial charge in [-0.05, 0) is 44.5 Å². The minimum absolute atomic E-state index is 0.763. The third-order valence-corrected chi connectivity index (χ3v) is 2.86. The van der Waals surface area contributed by atoms with Crippen molar-refractivity contribution in [2.24, 2.45) is 0 Å². The van der Waals surface area contributed by atoms with Gasteiger partial charge in [0.2, 0.25) is 0 Å². The van der Waals surface area contributed by atoms with Crippen LogP contribution in [0.5, 0.6) is 0 Å². The maximum atomic E-state index is 10.9. The number of carbonyl (C=O) groups excluding carboxylic acids is 1. The number of aryl methyl sites for hydroxylation is 2. The van der Waals surface area contributed by atoms with Crippen LogP contribution in [0, 0.1) is 20.8 Å². The molecular weight excluding hydrogens is 198 g/mol. The number of aromatic nitrogens is 1. The molecule has 2 nitrogen and oxygen atoms in total. The summed E-state index contributed by atoms with van der Waals surface area (Å²) < 4.78 is 2.11. The highest BCUT2D eigenvalue weighted by molar-refractivity contribution is 5.77. The van der Waals surface area contributed by atoms with Gasteiger partial charge in [-0.15, -0.1) is 0 Å². The van der Waals surface area contributed by atoms with Crippen molar-refractivity contribution in [1.82, 2.24) is 4.57 Å². The fourth-order valence-corrected chi connectivity index (χ4v) is 2.07. The summed E-state index contributed by atoms with van der Waals surface area (Å²) >= 11 is 0. The van der Waals surface area contributed by atoms with Gasteiger partial charge in [-0.2, -0.15) is 0 Å². The first-order valence-corrected chi connectivity index (χ1v) is 5.34. The molecule has 82 valence electrons. The molecule has 2 aromatic rings. The molecule has 0 N–H and O–H groups in total. The van der Waals surface area contributed by atoms with Gasteiger partial charge in [-0.1, -0.05) is 12.1 Å². The van der Waals surface area contributed by atoms with Gasteiger partial charge in [-0.25, -0.2) is 0 Å².